The lowest BCUT2D eigenvalue weighted by molar-refractivity contribution is 0.102. The van der Waals surface area contributed by atoms with Crippen molar-refractivity contribution in [1.29, 1.82) is 0 Å². The number of anilines is 2. The molecule has 0 saturated carbocycles. The minimum absolute atomic E-state index is 0.0236. The van der Waals surface area contributed by atoms with E-state index in [1.807, 2.05) is 0 Å². The van der Waals surface area contributed by atoms with E-state index in [1.54, 1.807) is 0 Å². The average Bonchev–Trinajstić information content (AvgIpc) is 3.22. The van der Waals surface area contributed by atoms with E-state index in [0.717, 1.165) is 24.5 Å². The van der Waals surface area contributed by atoms with Gasteiger partial charge < -0.3 is 10.1 Å². The summed E-state index contributed by atoms with van der Waals surface area (Å²) in [6, 6.07) is 1.85. The minimum atomic E-state index is -1.43. The van der Waals surface area contributed by atoms with Crippen molar-refractivity contribution < 1.29 is 31.9 Å². The highest BCUT2D eigenvalue weighted by molar-refractivity contribution is 6.03. The first-order valence-electron chi connectivity index (χ1n) is 10.3. The maximum atomic E-state index is 13.8. The predicted octanol–water partition coefficient (Wildman–Crippen LogP) is 3.18. The first-order chi connectivity index (χ1) is 17.6. The summed E-state index contributed by atoms with van der Waals surface area (Å²) in [5.74, 6) is -5.70. The second kappa shape index (κ2) is 10.3. The third-order valence-electron chi connectivity index (χ3n) is 4.83. The molecule has 0 aliphatic carbocycles. The highest BCUT2D eigenvalue weighted by atomic mass is 19.2. The zero-order valence-electron chi connectivity index (χ0n) is 18.9. The Morgan fingerprint density at radius 1 is 1.00 bits per heavy atom. The van der Waals surface area contributed by atoms with E-state index in [2.05, 4.69) is 40.9 Å². The number of amides is 2. The minimum Gasteiger partial charge on any atom is -0.441 e. The molecule has 0 bridgehead atoms. The third-order valence-corrected chi connectivity index (χ3v) is 4.83. The Morgan fingerprint density at radius 2 is 1.78 bits per heavy atom. The van der Waals surface area contributed by atoms with Crippen molar-refractivity contribution in [2.45, 2.75) is 13.0 Å². The topological polar surface area (TPSA) is 150 Å². The lowest BCUT2D eigenvalue weighted by atomic mass is 10.2. The van der Waals surface area contributed by atoms with Gasteiger partial charge in [-0.1, -0.05) is 5.21 Å². The van der Waals surface area contributed by atoms with E-state index >= 15 is 0 Å². The van der Waals surface area contributed by atoms with Crippen LogP contribution in [-0.2, 0) is 11.8 Å². The van der Waals surface area contributed by atoms with Gasteiger partial charge in [-0.15, -0.1) is 5.10 Å². The third kappa shape index (κ3) is 5.47. The Balaban J connectivity index is 1.47. The van der Waals surface area contributed by atoms with Crippen molar-refractivity contribution in [3.8, 4) is 11.4 Å². The standard InChI is InChI=1S/C21H15F4N9O3/c1-9(12-5-10(22)6-29-17(12)24)37-21(36)31-19-16(32-33-34(19)2)13-7-28-14(8-27-13)30-20(35)11-3-4-26-18(25)15(11)23/h3-9H,1-2H3,(H,31,36)(H,28,30,35)/t9-/m1/s1. The maximum Gasteiger partial charge on any atom is 0.413 e. The van der Waals surface area contributed by atoms with Crippen LogP contribution in [0.5, 0.6) is 0 Å². The van der Waals surface area contributed by atoms with E-state index in [9.17, 15) is 27.2 Å². The van der Waals surface area contributed by atoms with Crippen LogP contribution in [0.2, 0.25) is 0 Å². The molecule has 0 unspecified atom stereocenters. The molecule has 0 saturated heterocycles. The van der Waals surface area contributed by atoms with E-state index in [1.165, 1.54) is 24.9 Å². The Hall–Kier alpha value is -5.02. The molecule has 2 amide bonds. The molecule has 4 heterocycles. The lowest BCUT2D eigenvalue weighted by Crippen LogP contribution is -2.19. The van der Waals surface area contributed by atoms with E-state index in [4.69, 9.17) is 4.74 Å². The number of pyridine rings is 2. The molecule has 0 aliphatic heterocycles. The first kappa shape index (κ1) is 25.1. The SMILES string of the molecule is C[C@@H](OC(=O)Nc1c(-c2cnc(NC(=O)c3ccnc(F)c3F)cn2)nnn1C)c1cc(F)cnc1F. The summed E-state index contributed by atoms with van der Waals surface area (Å²) in [4.78, 5) is 39.0. The molecule has 0 spiro atoms. The van der Waals surface area contributed by atoms with Gasteiger partial charge in [0.05, 0.1) is 29.7 Å². The van der Waals surface area contributed by atoms with Crippen LogP contribution in [-0.4, -0.2) is 46.9 Å². The van der Waals surface area contributed by atoms with Crippen molar-refractivity contribution in [2.24, 2.45) is 7.05 Å². The van der Waals surface area contributed by atoms with E-state index in [-0.39, 0.29) is 28.6 Å². The fourth-order valence-electron chi connectivity index (χ4n) is 3.04. The van der Waals surface area contributed by atoms with Crippen LogP contribution in [0.15, 0.2) is 36.9 Å². The summed E-state index contributed by atoms with van der Waals surface area (Å²) in [6.07, 6.45) is 1.69. The number of hydrogen-bond acceptors (Lipinski definition) is 9. The fraction of sp³-hybridized carbons (Fsp3) is 0.143. The van der Waals surface area contributed by atoms with Gasteiger partial charge in [-0.25, -0.2) is 38.2 Å². The van der Waals surface area contributed by atoms with Crippen molar-refractivity contribution >= 4 is 23.6 Å². The van der Waals surface area contributed by atoms with Crippen LogP contribution in [0, 0.1) is 23.5 Å². The van der Waals surface area contributed by atoms with Gasteiger partial charge in [-0.3, -0.25) is 10.1 Å². The average molecular weight is 517 g/mol. The van der Waals surface area contributed by atoms with E-state index < -0.39 is 47.2 Å². The number of ether oxygens (including phenoxy) is 1. The van der Waals surface area contributed by atoms with Gasteiger partial charge in [0.2, 0.25) is 11.9 Å². The second-order valence-corrected chi connectivity index (χ2v) is 7.32. The van der Waals surface area contributed by atoms with Gasteiger partial charge in [-0.05, 0) is 19.1 Å². The molecule has 0 aromatic carbocycles. The molecule has 12 nitrogen and oxygen atoms in total. The number of carbonyl (C=O) groups excluding carboxylic acids is 2. The number of aryl methyl sites for hydroxylation is 1. The zero-order chi connectivity index (χ0) is 26.7. The molecule has 2 N–H and O–H groups in total. The number of nitrogens with zero attached hydrogens (tertiary/aromatic N) is 7. The summed E-state index contributed by atoms with van der Waals surface area (Å²) in [7, 11) is 1.45. The van der Waals surface area contributed by atoms with Crippen molar-refractivity contribution in [3.05, 3.63) is 71.6 Å². The molecule has 16 heteroatoms. The molecule has 37 heavy (non-hydrogen) atoms. The largest absolute Gasteiger partial charge is 0.441 e. The summed E-state index contributed by atoms with van der Waals surface area (Å²) in [6.45, 7) is 1.33. The molecule has 4 aromatic rings. The Morgan fingerprint density at radius 3 is 2.51 bits per heavy atom. The predicted molar refractivity (Wildman–Crippen MR) is 117 cm³/mol. The van der Waals surface area contributed by atoms with Crippen LogP contribution < -0.4 is 10.6 Å². The zero-order valence-corrected chi connectivity index (χ0v) is 18.9. The number of aromatic nitrogens is 7. The van der Waals surface area contributed by atoms with Gasteiger partial charge in [0.15, 0.2) is 23.1 Å². The maximum absolute atomic E-state index is 13.8. The lowest BCUT2D eigenvalue weighted by Gasteiger charge is -2.15. The molecule has 4 rings (SSSR count). The molecule has 0 fully saturated rings. The molecular formula is C21H15F4N9O3. The van der Waals surface area contributed by atoms with Crippen molar-refractivity contribution in [2.75, 3.05) is 10.6 Å². The van der Waals surface area contributed by atoms with Gasteiger partial charge in [0, 0.05) is 13.2 Å². The van der Waals surface area contributed by atoms with Crippen molar-refractivity contribution in [3.63, 3.8) is 0 Å². The first-order valence-corrected chi connectivity index (χ1v) is 10.3. The number of nitrogens with one attached hydrogen (secondary N) is 2. The van der Waals surface area contributed by atoms with Gasteiger partial charge in [-0.2, -0.15) is 8.78 Å². The molecular weight excluding hydrogens is 502 g/mol. The van der Waals surface area contributed by atoms with Crippen LogP contribution in [0.4, 0.5) is 34.0 Å². The quantitative estimate of drug-likeness (QED) is 0.290. The second-order valence-electron chi connectivity index (χ2n) is 7.32. The number of hydrogen-bond donors (Lipinski definition) is 2. The Bertz CT molecular complexity index is 1480. The van der Waals surface area contributed by atoms with Gasteiger partial charge in [0.1, 0.15) is 17.6 Å². The molecule has 1 atom stereocenters. The van der Waals surface area contributed by atoms with Crippen LogP contribution in [0.25, 0.3) is 11.4 Å². The highest BCUT2D eigenvalue weighted by Gasteiger charge is 2.22. The molecule has 4 aromatic heterocycles. The van der Waals surface area contributed by atoms with Gasteiger partial charge >= 0.3 is 6.09 Å². The molecule has 0 radical (unpaired) electrons. The summed E-state index contributed by atoms with van der Waals surface area (Å²) >= 11 is 0. The summed E-state index contributed by atoms with van der Waals surface area (Å²) in [5.41, 5.74) is -0.689. The number of halogens is 4. The smallest absolute Gasteiger partial charge is 0.413 e. The summed E-state index contributed by atoms with van der Waals surface area (Å²) < 4.78 is 60.6. The highest BCUT2D eigenvalue weighted by Crippen LogP contribution is 2.25. The van der Waals surface area contributed by atoms with Gasteiger partial charge in [0.25, 0.3) is 5.91 Å². The number of rotatable bonds is 6. The normalized spacial score (nSPS) is 11.6. The summed E-state index contributed by atoms with van der Waals surface area (Å²) in [5, 5.41) is 12.3. The monoisotopic (exact) mass is 517 g/mol. The number of carbonyl (C=O) groups is 2. The van der Waals surface area contributed by atoms with Crippen molar-refractivity contribution in [1.82, 2.24) is 34.9 Å². The Labute approximate surface area is 204 Å². The fourth-order valence-corrected chi connectivity index (χ4v) is 3.04. The van der Waals surface area contributed by atoms with Crippen LogP contribution in [0.1, 0.15) is 28.9 Å². The van der Waals surface area contributed by atoms with Crippen LogP contribution in [0.3, 0.4) is 0 Å². The van der Waals surface area contributed by atoms with E-state index in [0.29, 0.717) is 6.20 Å². The Kier molecular flexibility index (Phi) is 6.99. The van der Waals surface area contributed by atoms with Crippen LogP contribution >= 0.6 is 0 Å². The molecule has 0 aliphatic rings. The molecule has 190 valence electrons.